The number of carbonyl (C=O) groups excluding carboxylic acids is 1. The van der Waals surface area contributed by atoms with Gasteiger partial charge in [0.15, 0.2) is 10.7 Å². The molecule has 148 valence electrons. The molecule has 0 saturated heterocycles. The van der Waals surface area contributed by atoms with Crippen LogP contribution in [0.1, 0.15) is 21.6 Å². The zero-order valence-corrected chi connectivity index (χ0v) is 16.3. The fraction of sp³-hybridized carbons (Fsp3) is 0.100. The number of halogens is 4. The lowest BCUT2D eigenvalue weighted by atomic mass is 10.1. The zero-order valence-electron chi connectivity index (χ0n) is 14.7. The molecule has 0 atom stereocenters. The van der Waals surface area contributed by atoms with Gasteiger partial charge in [0.05, 0.1) is 11.3 Å². The number of rotatable bonds is 4. The van der Waals surface area contributed by atoms with Crippen LogP contribution in [0.15, 0.2) is 60.1 Å². The number of nitrogens with one attached hydrogen (secondary N) is 1. The summed E-state index contributed by atoms with van der Waals surface area (Å²) in [5.41, 5.74) is 0.713. The van der Waals surface area contributed by atoms with Crippen molar-refractivity contribution in [2.75, 3.05) is 0 Å². The Morgan fingerprint density at radius 3 is 2.66 bits per heavy atom. The average molecular weight is 436 g/mol. The quantitative estimate of drug-likeness (QED) is 0.449. The van der Waals surface area contributed by atoms with E-state index in [-0.39, 0.29) is 17.8 Å². The van der Waals surface area contributed by atoms with Gasteiger partial charge in [0.25, 0.3) is 5.91 Å². The minimum absolute atomic E-state index is 0.0742. The third-order valence-corrected chi connectivity index (χ3v) is 5.32. The number of amides is 1. The second-order valence-electron chi connectivity index (χ2n) is 6.25. The molecule has 4 rings (SSSR count). The van der Waals surface area contributed by atoms with Crippen LogP contribution >= 0.6 is 22.9 Å². The number of carbonyl (C=O) groups is 1. The molecule has 2 aromatic carbocycles. The highest BCUT2D eigenvalue weighted by molar-refractivity contribution is 7.15. The third kappa shape index (κ3) is 3.99. The van der Waals surface area contributed by atoms with E-state index in [4.69, 9.17) is 11.6 Å². The molecule has 0 saturated carbocycles. The number of hydrogen-bond acceptors (Lipinski definition) is 3. The van der Waals surface area contributed by atoms with Crippen LogP contribution in [0, 0.1) is 0 Å². The Balaban J connectivity index is 1.70. The summed E-state index contributed by atoms with van der Waals surface area (Å²) in [7, 11) is 0. The Kier molecular flexibility index (Phi) is 5.06. The van der Waals surface area contributed by atoms with Crippen LogP contribution in [-0.4, -0.2) is 15.3 Å². The normalized spacial score (nSPS) is 11.7. The molecule has 0 aliphatic rings. The first-order valence-electron chi connectivity index (χ1n) is 8.49. The van der Waals surface area contributed by atoms with Crippen molar-refractivity contribution in [2.45, 2.75) is 12.7 Å². The fourth-order valence-electron chi connectivity index (χ4n) is 2.93. The summed E-state index contributed by atoms with van der Waals surface area (Å²) in [6, 6.07) is 11.9. The summed E-state index contributed by atoms with van der Waals surface area (Å²) in [4.78, 5) is 17.7. The van der Waals surface area contributed by atoms with Crippen molar-refractivity contribution in [3.05, 3.63) is 82.0 Å². The standard InChI is InChI=1S/C20H13ClF3N3OS/c21-15-6-4-12(5-7-15)11-25-18(28)16-17(27-8-9-29-19(27)26-16)13-2-1-3-14(10-13)20(22,23)24/h1-10H,11H2,(H,25,28). The van der Waals surface area contributed by atoms with Gasteiger partial charge in [0.1, 0.15) is 0 Å². The van der Waals surface area contributed by atoms with Crippen LogP contribution in [0.3, 0.4) is 0 Å². The molecule has 9 heteroatoms. The maximum atomic E-state index is 13.2. The van der Waals surface area contributed by atoms with E-state index in [1.807, 2.05) is 0 Å². The van der Waals surface area contributed by atoms with E-state index in [1.54, 1.807) is 40.2 Å². The number of nitrogens with zero attached hydrogens (tertiary/aromatic N) is 2. The van der Waals surface area contributed by atoms with Crippen molar-refractivity contribution in [1.82, 2.24) is 14.7 Å². The Hall–Kier alpha value is -2.84. The summed E-state index contributed by atoms with van der Waals surface area (Å²) < 4.78 is 41.1. The van der Waals surface area contributed by atoms with Gasteiger partial charge in [-0.15, -0.1) is 11.3 Å². The average Bonchev–Trinajstić information content (AvgIpc) is 3.28. The fourth-order valence-corrected chi connectivity index (χ4v) is 3.77. The molecule has 2 heterocycles. The molecule has 0 fully saturated rings. The smallest absolute Gasteiger partial charge is 0.347 e. The second kappa shape index (κ2) is 7.53. The Labute approximate surface area is 172 Å². The number of hydrogen-bond donors (Lipinski definition) is 1. The molecule has 0 aliphatic heterocycles. The molecule has 2 aromatic heterocycles. The van der Waals surface area contributed by atoms with E-state index in [9.17, 15) is 18.0 Å². The van der Waals surface area contributed by atoms with Gasteiger partial charge in [0, 0.05) is 28.7 Å². The summed E-state index contributed by atoms with van der Waals surface area (Å²) in [6.45, 7) is 0.239. The third-order valence-electron chi connectivity index (χ3n) is 4.31. The van der Waals surface area contributed by atoms with Gasteiger partial charge >= 0.3 is 6.18 Å². The topological polar surface area (TPSA) is 46.4 Å². The lowest BCUT2D eigenvalue weighted by Crippen LogP contribution is -2.23. The maximum absolute atomic E-state index is 13.2. The predicted molar refractivity (Wildman–Crippen MR) is 106 cm³/mol. The molecule has 0 unspecified atom stereocenters. The first kappa shape index (κ1) is 19.5. The molecule has 0 radical (unpaired) electrons. The van der Waals surface area contributed by atoms with Gasteiger partial charge in [0.2, 0.25) is 0 Å². The number of fused-ring (bicyclic) bond motifs is 1. The summed E-state index contributed by atoms with van der Waals surface area (Å²) in [6.07, 6.45) is -2.80. The maximum Gasteiger partial charge on any atom is 0.416 e. The lowest BCUT2D eigenvalue weighted by molar-refractivity contribution is -0.137. The summed E-state index contributed by atoms with van der Waals surface area (Å²) in [5.74, 6) is -0.469. The van der Waals surface area contributed by atoms with Gasteiger partial charge in [-0.1, -0.05) is 35.9 Å². The summed E-state index contributed by atoms with van der Waals surface area (Å²) in [5, 5.41) is 5.11. The largest absolute Gasteiger partial charge is 0.416 e. The van der Waals surface area contributed by atoms with E-state index in [1.165, 1.54) is 23.5 Å². The molecule has 0 spiro atoms. The predicted octanol–water partition coefficient (Wildman–Crippen LogP) is 5.67. The Bertz CT molecular complexity index is 1180. The van der Waals surface area contributed by atoms with Crippen LogP contribution < -0.4 is 5.32 Å². The van der Waals surface area contributed by atoms with Gasteiger partial charge < -0.3 is 5.32 Å². The molecule has 29 heavy (non-hydrogen) atoms. The van der Waals surface area contributed by atoms with E-state index < -0.39 is 17.6 Å². The molecule has 1 N–H and O–H groups in total. The highest BCUT2D eigenvalue weighted by atomic mass is 35.5. The van der Waals surface area contributed by atoms with Crippen molar-refractivity contribution in [1.29, 1.82) is 0 Å². The van der Waals surface area contributed by atoms with Crippen molar-refractivity contribution in [3.63, 3.8) is 0 Å². The van der Waals surface area contributed by atoms with Crippen LogP contribution in [0.2, 0.25) is 5.02 Å². The van der Waals surface area contributed by atoms with Gasteiger partial charge in [-0.2, -0.15) is 13.2 Å². The van der Waals surface area contributed by atoms with E-state index in [0.717, 1.165) is 17.7 Å². The molecule has 1 amide bonds. The van der Waals surface area contributed by atoms with Gasteiger partial charge in [-0.3, -0.25) is 9.20 Å². The second-order valence-corrected chi connectivity index (χ2v) is 7.56. The van der Waals surface area contributed by atoms with Crippen molar-refractivity contribution < 1.29 is 18.0 Å². The number of imidazole rings is 1. The minimum atomic E-state index is -4.48. The summed E-state index contributed by atoms with van der Waals surface area (Å²) >= 11 is 7.15. The van der Waals surface area contributed by atoms with E-state index >= 15 is 0 Å². The van der Waals surface area contributed by atoms with Crippen molar-refractivity contribution in [2.24, 2.45) is 0 Å². The zero-order chi connectivity index (χ0) is 20.6. The highest BCUT2D eigenvalue weighted by Gasteiger charge is 2.31. The van der Waals surface area contributed by atoms with Crippen LogP contribution in [0.4, 0.5) is 13.2 Å². The van der Waals surface area contributed by atoms with Gasteiger partial charge in [-0.05, 0) is 29.8 Å². The van der Waals surface area contributed by atoms with Gasteiger partial charge in [-0.25, -0.2) is 4.98 Å². The van der Waals surface area contributed by atoms with E-state index in [2.05, 4.69) is 10.3 Å². The number of benzene rings is 2. The van der Waals surface area contributed by atoms with Crippen molar-refractivity contribution in [3.8, 4) is 11.3 Å². The van der Waals surface area contributed by atoms with E-state index in [0.29, 0.717) is 15.7 Å². The molecule has 4 nitrogen and oxygen atoms in total. The van der Waals surface area contributed by atoms with Crippen LogP contribution in [0.25, 0.3) is 16.2 Å². The lowest BCUT2D eigenvalue weighted by Gasteiger charge is -2.10. The molecular formula is C20H13ClF3N3OS. The Morgan fingerprint density at radius 1 is 1.17 bits per heavy atom. The first-order chi connectivity index (χ1) is 13.8. The number of alkyl halides is 3. The van der Waals surface area contributed by atoms with Crippen molar-refractivity contribution >= 4 is 33.8 Å². The Morgan fingerprint density at radius 2 is 1.93 bits per heavy atom. The minimum Gasteiger partial charge on any atom is -0.347 e. The molecule has 0 aliphatic carbocycles. The van der Waals surface area contributed by atoms with Crippen LogP contribution in [-0.2, 0) is 12.7 Å². The molecule has 4 aromatic rings. The monoisotopic (exact) mass is 435 g/mol. The molecular weight excluding hydrogens is 423 g/mol. The number of thiazole rings is 1. The SMILES string of the molecule is O=C(NCc1ccc(Cl)cc1)c1nc2sccn2c1-c1cccc(C(F)(F)F)c1. The number of aromatic nitrogens is 2. The molecule has 0 bridgehead atoms. The first-order valence-corrected chi connectivity index (χ1v) is 9.74. The van der Waals surface area contributed by atoms with Crippen LogP contribution in [0.5, 0.6) is 0 Å². The highest BCUT2D eigenvalue weighted by Crippen LogP contribution is 2.34.